The molecule has 1 aliphatic heterocycles. The van der Waals surface area contributed by atoms with Crippen LogP contribution in [0.5, 0.6) is 5.75 Å². The summed E-state index contributed by atoms with van der Waals surface area (Å²) in [6.07, 6.45) is 7.70. The van der Waals surface area contributed by atoms with Gasteiger partial charge in [-0.2, -0.15) is 0 Å². The van der Waals surface area contributed by atoms with Gasteiger partial charge in [0.1, 0.15) is 5.75 Å². The smallest absolute Gasteiger partial charge is 0.260 e. The number of hydrogen-bond acceptors (Lipinski definition) is 4. The minimum Gasteiger partial charge on any atom is -0.482 e. The van der Waals surface area contributed by atoms with E-state index in [0.29, 0.717) is 11.8 Å². The van der Waals surface area contributed by atoms with E-state index >= 15 is 0 Å². The average molecular weight is 289 g/mol. The highest BCUT2D eigenvalue weighted by molar-refractivity contribution is 5.77. The molecule has 3 rings (SSSR count). The highest BCUT2D eigenvalue weighted by Crippen LogP contribution is 2.19. The number of amides is 1. The van der Waals surface area contributed by atoms with Crippen molar-refractivity contribution in [2.45, 2.75) is 44.7 Å². The molecule has 0 atom stereocenters. The van der Waals surface area contributed by atoms with Gasteiger partial charge in [0.25, 0.3) is 5.91 Å². The molecule has 5 heteroatoms. The predicted octanol–water partition coefficient (Wildman–Crippen LogP) is 1.72. The summed E-state index contributed by atoms with van der Waals surface area (Å²) in [5.74, 6) is 0.740. The maximum absolute atomic E-state index is 12.0. The van der Waals surface area contributed by atoms with Gasteiger partial charge in [-0.25, -0.2) is 0 Å². The van der Waals surface area contributed by atoms with Crippen molar-refractivity contribution in [3.8, 4) is 5.75 Å². The number of likely N-dealkylation sites (tertiary alicyclic amines) is 1. The summed E-state index contributed by atoms with van der Waals surface area (Å²) >= 11 is 0. The zero-order valence-corrected chi connectivity index (χ0v) is 12.4. The fraction of sp³-hybridized carbons (Fsp3) is 0.625. The van der Waals surface area contributed by atoms with Gasteiger partial charge < -0.3 is 15.0 Å². The van der Waals surface area contributed by atoms with Gasteiger partial charge in [-0.3, -0.25) is 9.78 Å². The molecule has 0 unspecified atom stereocenters. The number of ether oxygens (including phenoxy) is 1. The lowest BCUT2D eigenvalue weighted by Crippen LogP contribution is -2.38. The highest BCUT2D eigenvalue weighted by atomic mass is 16.5. The summed E-state index contributed by atoms with van der Waals surface area (Å²) < 4.78 is 5.54. The fourth-order valence-corrected chi connectivity index (χ4v) is 2.52. The molecule has 1 N–H and O–H groups in total. The minimum absolute atomic E-state index is 0.0779. The van der Waals surface area contributed by atoms with Crippen molar-refractivity contribution < 1.29 is 9.53 Å². The monoisotopic (exact) mass is 289 g/mol. The first-order chi connectivity index (χ1) is 10.3. The van der Waals surface area contributed by atoms with Gasteiger partial charge in [0.15, 0.2) is 6.61 Å². The summed E-state index contributed by atoms with van der Waals surface area (Å²) in [4.78, 5) is 18.2. The van der Waals surface area contributed by atoms with Crippen molar-refractivity contribution in [3.05, 3.63) is 24.0 Å². The lowest BCUT2D eigenvalue weighted by Gasteiger charge is -2.26. The third-order valence-electron chi connectivity index (χ3n) is 4.02. The average Bonchev–Trinajstić information content (AvgIpc) is 3.37. The summed E-state index contributed by atoms with van der Waals surface area (Å²) in [5.41, 5.74) is 1.01. The molecule has 5 nitrogen and oxygen atoms in total. The first kappa shape index (κ1) is 14.3. The standard InChI is InChI=1S/C16H23N3O2/c20-16(19-8-2-1-3-9-19)12-21-15-7-6-14(18-11-15)10-17-13-4-5-13/h6-7,11,13,17H,1-5,8-10,12H2. The Morgan fingerprint density at radius 3 is 2.76 bits per heavy atom. The third kappa shape index (κ3) is 4.43. The zero-order chi connectivity index (χ0) is 14.5. The van der Waals surface area contributed by atoms with Crippen LogP contribution in [0.4, 0.5) is 0 Å². The Hall–Kier alpha value is -1.62. The Kier molecular flexibility index (Phi) is 4.70. The molecule has 114 valence electrons. The first-order valence-corrected chi connectivity index (χ1v) is 7.90. The summed E-state index contributed by atoms with van der Waals surface area (Å²) in [6.45, 7) is 2.65. The zero-order valence-electron chi connectivity index (χ0n) is 12.4. The number of nitrogens with one attached hydrogen (secondary N) is 1. The van der Waals surface area contributed by atoms with Gasteiger partial charge in [0.05, 0.1) is 11.9 Å². The second-order valence-corrected chi connectivity index (χ2v) is 5.87. The van der Waals surface area contributed by atoms with Crippen LogP contribution in [0.2, 0.25) is 0 Å². The first-order valence-electron chi connectivity index (χ1n) is 7.90. The van der Waals surface area contributed by atoms with E-state index in [1.165, 1.54) is 19.3 Å². The quantitative estimate of drug-likeness (QED) is 0.866. The van der Waals surface area contributed by atoms with Crippen molar-refractivity contribution in [3.63, 3.8) is 0 Å². The van der Waals surface area contributed by atoms with Crippen LogP contribution in [0.3, 0.4) is 0 Å². The number of hydrogen-bond donors (Lipinski definition) is 1. The molecule has 0 spiro atoms. The van der Waals surface area contributed by atoms with E-state index in [4.69, 9.17) is 4.74 Å². The van der Waals surface area contributed by atoms with Gasteiger partial charge in [-0.1, -0.05) is 0 Å². The third-order valence-corrected chi connectivity index (χ3v) is 4.02. The van der Waals surface area contributed by atoms with E-state index < -0.39 is 0 Å². The lowest BCUT2D eigenvalue weighted by molar-refractivity contribution is -0.134. The van der Waals surface area contributed by atoms with E-state index in [2.05, 4.69) is 10.3 Å². The molecule has 2 heterocycles. The molecule has 1 saturated carbocycles. The van der Waals surface area contributed by atoms with E-state index in [0.717, 1.165) is 38.2 Å². The Morgan fingerprint density at radius 2 is 2.10 bits per heavy atom. The fourth-order valence-electron chi connectivity index (χ4n) is 2.52. The maximum atomic E-state index is 12.0. The normalized spacial score (nSPS) is 18.6. The van der Waals surface area contributed by atoms with E-state index in [1.54, 1.807) is 6.20 Å². The number of carbonyl (C=O) groups is 1. The number of nitrogens with zero attached hydrogens (tertiary/aromatic N) is 2. The molecule has 1 aromatic rings. The molecule has 0 bridgehead atoms. The number of piperidine rings is 1. The van der Waals surface area contributed by atoms with Gasteiger partial charge in [-0.15, -0.1) is 0 Å². The van der Waals surface area contributed by atoms with Gasteiger partial charge in [0, 0.05) is 25.7 Å². The molecular formula is C16H23N3O2. The predicted molar refractivity (Wildman–Crippen MR) is 80.0 cm³/mol. The topological polar surface area (TPSA) is 54.5 Å². The van der Waals surface area contributed by atoms with Crippen molar-refractivity contribution in [2.24, 2.45) is 0 Å². The largest absolute Gasteiger partial charge is 0.482 e. The van der Waals surface area contributed by atoms with Crippen LogP contribution in [-0.2, 0) is 11.3 Å². The molecule has 1 amide bonds. The molecular weight excluding hydrogens is 266 g/mol. The van der Waals surface area contributed by atoms with Crippen LogP contribution >= 0.6 is 0 Å². The number of pyridine rings is 1. The minimum atomic E-state index is 0.0779. The Bertz CT molecular complexity index is 465. The van der Waals surface area contributed by atoms with Gasteiger partial charge >= 0.3 is 0 Å². The molecule has 1 aliphatic carbocycles. The molecule has 0 aromatic carbocycles. The van der Waals surface area contributed by atoms with Crippen LogP contribution in [-0.4, -0.2) is 41.5 Å². The molecule has 2 aliphatic rings. The van der Waals surface area contributed by atoms with E-state index in [9.17, 15) is 4.79 Å². The van der Waals surface area contributed by atoms with Crippen molar-refractivity contribution >= 4 is 5.91 Å². The van der Waals surface area contributed by atoms with Crippen LogP contribution in [0.15, 0.2) is 18.3 Å². The van der Waals surface area contributed by atoms with Gasteiger partial charge in [0.2, 0.25) is 0 Å². The Morgan fingerprint density at radius 1 is 1.29 bits per heavy atom. The Labute approximate surface area is 125 Å². The highest BCUT2D eigenvalue weighted by Gasteiger charge is 2.20. The summed E-state index contributed by atoms with van der Waals surface area (Å²) in [5, 5.41) is 3.42. The number of aromatic nitrogens is 1. The molecule has 1 saturated heterocycles. The van der Waals surface area contributed by atoms with Crippen molar-refractivity contribution in [2.75, 3.05) is 19.7 Å². The van der Waals surface area contributed by atoms with Crippen LogP contribution in [0.25, 0.3) is 0 Å². The van der Waals surface area contributed by atoms with Crippen molar-refractivity contribution in [1.29, 1.82) is 0 Å². The summed E-state index contributed by atoms with van der Waals surface area (Å²) in [6, 6.07) is 4.53. The lowest BCUT2D eigenvalue weighted by atomic mass is 10.1. The SMILES string of the molecule is O=C(COc1ccc(CNC2CC2)nc1)N1CCCCC1. The molecule has 21 heavy (non-hydrogen) atoms. The van der Waals surface area contributed by atoms with E-state index in [-0.39, 0.29) is 12.5 Å². The van der Waals surface area contributed by atoms with Crippen LogP contribution in [0.1, 0.15) is 37.8 Å². The molecule has 2 fully saturated rings. The molecule has 0 radical (unpaired) electrons. The second kappa shape index (κ2) is 6.89. The summed E-state index contributed by atoms with van der Waals surface area (Å²) in [7, 11) is 0. The number of carbonyl (C=O) groups excluding carboxylic acids is 1. The van der Waals surface area contributed by atoms with Crippen molar-refractivity contribution in [1.82, 2.24) is 15.2 Å². The van der Waals surface area contributed by atoms with Crippen LogP contribution in [0, 0.1) is 0 Å². The Balaban J connectivity index is 1.42. The molecule has 1 aromatic heterocycles. The number of rotatable bonds is 6. The second-order valence-electron chi connectivity index (χ2n) is 5.87. The maximum Gasteiger partial charge on any atom is 0.260 e. The van der Waals surface area contributed by atoms with Gasteiger partial charge in [-0.05, 0) is 44.2 Å². The van der Waals surface area contributed by atoms with E-state index in [1.807, 2.05) is 17.0 Å². The van der Waals surface area contributed by atoms with Crippen LogP contribution < -0.4 is 10.1 Å².